The van der Waals surface area contributed by atoms with Crippen molar-refractivity contribution in [2.45, 2.75) is 45.8 Å². The van der Waals surface area contributed by atoms with Crippen LogP contribution in [0.3, 0.4) is 0 Å². The first-order valence-corrected chi connectivity index (χ1v) is 9.19. The van der Waals surface area contributed by atoms with Gasteiger partial charge in [0.2, 0.25) is 0 Å². The lowest BCUT2D eigenvalue weighted by Crippen LogP contribution is -2.47. The third kappa shape index (κ3) is 3.51. The fourth-order valence-corrected chi connectivity index (χ4v) is 3.61. The molecular weight excluding hydrogens is 335 g/mol. The first kappa shape index (κ1) is 18.6. The van der Waals surface area contributed by atoms with E-state index < -0.39 is 0 Å². The topological polar surface area (TPSA) is 49.9 Å². The number of rotatable bonds is 5. The molecule has 6 heteroatoms. The number of ether oxygens (including phenoxy) is 1. The third-order valence-electron chi connectivity index (χ3n) is 4.75. The third-order valence-corrected chi connectivity index (χ3v) is 4.75. The summed E-state index contributed by atoms with van der Waals surface area (Å²) in [5.74, 6) is -0.926. The van der Waals surface area contributed by atoms with Crippen molar-refractivity contribution in [3.8, 4) is 0 Å². The molecule has 1 aromatic carbocycles. The Bertz CT molecular complexity index is 719. The molecule has 5 nitrogen and oxygen atoms in total. The second-order valence-electron chi connectivity index (χ2n) is 7.01. The van der Waals surface area contributed by atoms with Gasteiger partial charge in [-0.25, -0.2) is 4.39 Å². The minimum atomic E-state index is -0.371. The van der Waals surface area contributed by atoms with Crippen LogP contribution in [-0.4, -0.2) is 53.5 Å². The highest BCUT2D eigenvalue weighted by Crippen LogP contribution is 2.33. The predicted octanol–water partition coefficient (Wildman–Crippen LogP) is 2.81. The highest BCUT2D eigenvalue weighted by atomic mass is 19.1. The molecule has 0 aliphatic carbocycles. The SMILES string of the molecule is CCCCN1C(=O)C(c2ccc(F)cc2)=C(N2CC(C)OC(C)C2)C1=O. The lowest BCUT2D eigenvalue weighted by atomic mass is 10.0. The molecule has 3 rings (SSSR count). The summed E-state index contributed by atoms with van der Waals surface area (Å²) in [6.45, 7) is 7.42. The van der Waals surface area contributed by atoms with Crippen LogP contribution in [0, 0.1) is 5.82 Å². The van der Waals surface area contributed by atoms with E-state index in [9.17, 15) is 14.0 Å². The van der Waals surface area contributed by atoms with Crippen molar-refractivity contribution in [2.24, 2.45) is 0 Å². The minimum Gasteiger partial charge on any atom is -0.372 e. The maximum Gasteiger partial charge on any atom is 0.277 e. The summed E-state index contributed by atoms with van der Waals surface area (Å²) < 4.78 is 19.1. The minimum absolute atomic E-state index is 0.0340. The lowest BCUT2D eigenvalue weighted by Gasteiger charge is -2.37. The normalized spacial score (nSPS) is 24.0. The Morgan fingerprint density at radius 1 is 1.08 bits per heavy atom. The number of amides is 2. The molecule has 0 N–H and O–H groups in total. The van der Waals surface area contributed by atoms with Gasteiger partial charge in [-0.1, -0.05) is 25.5 Å². The summed E-state index contributed by atoms with van der Waals surface area (Å²) in [6, 6.07) is 5.76. The van der Waals surface area contributed by atoms with Gasteiger partial charge in [0.1, 0.15) is 11.5 Å². The van der Waals surface area contributed by atoms with Crippen LogP contribution in [0.1, 0.15) is 39.2 Å². The number of nitrogens with zero attached hydrogens (tertiary/aromatic N) is 2. The maximum atomic E-state index is 13.3. The van der Waals surface area contributed by atoms with Gasteiger partial charge < -0.3 is 9.64 Å². The molecule has 140 valence electrons. The van der Waals surface area contributed by atoms with Gasteiger partial charge in [-0.3, -0.25) is 14.5 Å². The van der Waals surface area contributed by atoms with E-state index in [1.165, 1.54) is 17.0 Å². The fraction of sp³-hybridized carbons (Fsp3) is 0.500. The average molecular weight is 360 g/mol. The largest absolute Gasteiger partial charge is 0.372 e. The molecule has 0 radical (unpaired) electrons. The summed E-state index contributed by atoms with van der Waals surface area (Å²) in [6.07, 6.45) is 1.59. The monoisotopic (exact) mass is 360 g/mol. The molecule has 2 atom stereocenters. The second kappa shape index (κ2) is 7.58. The molecule has 0 saturated carbocycles. The smallest absolute Gasteiger partial charge is 0.277 e. The standard InChI is InChI=1S/C20H25FN2O3/c1-4-5-10-23-19(24)17(15-6-8-16(21)9-7-15)18(20(23)25)22-11-13(2)26-14(3)12-22/h6-9,13-14H,4-5,10-12H2,1-3H3. The number of imide groups is 1. The van der Waals surface area contributed by atoms with Crippen molar-refractivity contribution in [3.05, 3.63) is 41.3 Å². The highest BCUT2D eigenvalue weighted by molar-refractivity contribution is 6.35. The quantitative estimate of drug-likeness (QED) is 0.758. The predicted molar refractivity (Wildman–Crippen MR) is 96.5 cm³/mol. The Kier molecular flexibility index (Phi) is 5.41. The summed E-state index contributed by atoms with van der Waals surface area (Å²) >= 11 is 0. The van der Waals surface area contributed by atoms with Crippen LogP contribution in [-0.2, 0) is 14.3 Å². The van der Waals surface area contributed by atoms with E-state index >= 15 is 0 Å². The van der Waals surface area contributed by atoms with Gasteiger partial charge in [0, 0.05) is 19.6 Å². The number of halogens is 1. The van der Waals surface area contributed by atoms with E-state index in [2.05, 4.69) is 0 Å². The van der Waals surface area contributed by atoms with E-state index in [0.717, 1.165) is 12.8 Å². The lowest BCUT2D eigenvalue weighted by molar-refractivity contribution is -0.138. The molecule has 2 amide bonds. The van der Waals surface area contributed by atoms with Crippen LogP contribution in [0.25, 0.3) is 5.57 Å². The molecule has 2 aliphatic rings. The number of morpholine rings is 1. The van der Waals surface area contributed by atoms with Crippen LogP contribution < -0.4 is 0 Å². The van der Waals surface area contributed by atoms with Gasteiger partial charge in [0.05, 0.1) is 17.8 Å². The van der Waals surface area contributed by atoms with Crippen molar-refractivity contribution in [1.29, 1.82) is 0 Å². The Labute approximate surface area is 153 Å². The number of carbonyl (C=O) groups is 2. The van der Waals surface area contributed by atoms with E-state index in [1.807, 2.05) is 25.7 Å². The van der Waals surface area contributed by atoms with Crippen molar-refractivity contribution in [3.63, 3.8) is 0 Å². The Balaban J connectivity index is 2.04. The molecule has 2 heterocycles. The zero-order valence-corrected chi connectivity index (χ0v) is 15.5. The van der Waals surface area contributed by atoms with Crippen molar-refractivity contribution < 1.29 is 18.7 Å². The zero-order valence-electron chi connectivity index (χ0n) is 15.5. The van der Waals surface area contributed by atoms with Gasteiger partial charge in [-0.05, 0) is 38.0 Å². The molecule has 1 aromatic rings. The van der Waals surface area contributed by atoms with Gasteiger partial charge >= 0.3 is 0 Å². The second-order valence-corrected chi connectivity index (χ2v) is 7.01. The van der Waals surface area contributed by atoms with E-state index in [-0.39, 0.29) is 29.8 Å². The van der Waals surface area contributed by atoms with Crippen LogP contribution in [0.2, 0.25) is 0 Å². The van der Waals surface area contributed by atoms with Crippen molar-refractivity contribution in [2.75, 3.05) is 19.6 Å². The van der Waals surface area contributed by atoms with E-state index in [1.54, 1.807) is 12.1 Å². The van der Waals surface area contributed by atoms with E-state index in [0.29, 0.717) is 36.5 Å². The van der Waals surface area contributed by atoms with Crippen molar-refractivity contribution in [1.82, 2.24) is 9.80 Å². The summed E-state index contributed by atoms with van der Waals surface area (Å²) in [5, 5.41) is 0. The molecule has 1 saturated heterocycles. The zero-order chi connectivity index (χ0) is 18.8. The molecule has 1 fully saturated rings. The summed E-state index contributed by atoms with van der Waals surface area (Å²) in [5.41, 5.74) is 1.36. The number of hydrogen-bond acceptors (Lipinski definition) is 4. The first-order chi connectivity index (χ1) is 12.4. The number of carbonyl (C=O) groups excluding carboxylic acids is 2. The molecular formula is C20H25FN2O3. The van der Waals surface area contributed by atoms with Crippen LogP contribution >= 0.6 is 0 Å². The average Bonchev–Trinajstić information content (AvgIpc) is 2.83. The molecule has 26 heavy (non-hydrogen) atoms. The number of benzene rings is 1. The van der Waals surface area contributed by atoms with Crippen LogP contribution in [0.15, 0.2) is 30.0 Å². The fourth-order valence-electron chi connectivity index (χ4n) is 3.61. The van der Waals surface area contributed by atoms with Gasteiger partial charge in [-0.2, -0.15) is 0 Å². The Morgan fingerprint density at radius 3 is 2.27 bits per heavy atom. The maximum absolute atomic E-state index is 13.3. The highest BCUT2D eigenvalue weighted by Gasteiger charge is 2.42. The summed E-state index contributed by atoms with van der Waals surface area (Å²) in [4.78, 5) is 29.4. The molecule has 2 unspecified atom stereocenters. The van der Waals surface area contributed by atoms with Crippen LogP contribution in [0.4, 0.5) is 4.39 Å². The molecule has 0 spiro atoms. The number of unbranched alkanes of at least 4 members (excludes halogenated alkanes) is 1. The van der Waals surface area contributed by atoms with Gasteiger partial charge in [0.15, 0.2) is 0 Å². The van der Waals surface area contributed by atoms with Crippen LogP contribution in [0.5, 0.6) is 0 Å². The van der Waals surface area contributed by atoms with Gasteiger partial charge in [0.25, 0.3) is 11.8 Å². The summed E-state index contributed by atoms with van der Waals surface area (Å²) in [7, 11) is 0. The Morgan fingerprint density at radius 2 is 1.69 bits per heavy atom. The number of hydrogen-bond donors (Lipinski definition) is 0. The van der Waals surface area contributed by atoms with Crippen molar-refractivity contribution >= 4 is 17.4 Å². The Hall–Kier alpha value is -2.21. The molecule has 2 aliphatic heterocycles. The molecule has 0 bridgehead atoms. The molecule has 0 aromatic heterocycles. The first-order valence-electron chi connectivity index (χ1n) is 9.19. The van der Waals surface area contributed by atoms with E-state index in [4.69, 9.17) is 4.74 Å². The van der Waals surface area contributed by atoms with Gasteiger partial charge in [-0.15, -0.1) is 0 Å².